The van der Waals surface area contributed by atoms with Gasteiger partial charge < -0.3 is 11.1 Å². The first-order valence-corrected chi connectivity index (χ1v) is 6.37. The van der Waals surface area contributed by atoms with E-state index in [4.69, 9.17) is 5.73 Å². The van der Waals surface area contributed by atoms with Crippen LogP contribution in [0.4, 0.5) is 5.69 Å². The zero-order valence-electron chi connectivity index (χ0n) is 10.1. The van der Waals surface area contributed by atoms with E-state index in [1.54, 1.807) is 0 Å². The monoisotopic (exact) mass is 232 g/mol. The normalized spacial score (nSPS) is 16.1. The number of carbonyl (C=O) groups excluding carboxylic acids is 1. The molecule has 1 aliphatic rings. The molecule has 1 fully saturated rings. The summed E-state index contributed by atoms with van der Waals surface area (Å²) in [5.74, 6) is 0.706. The summed E-state index contributed by atoms with van der Waals surface area (Å²) in [4.78, 5) is 11.9. The lowest BCUT2D eigenvalue weighted by molar-refractivity contribution is -0.117. The van der Waals surface area contributed by atoms with Crippen molar-refractivity contribution in [1.82, 2.24) is 0 Å². The third-order valence-electron chi connectivity index (χ3n) is 3.46. The molecule has 2 rings (SSSR count). The molecule has 1 saturated carbocycles. The van der Waals surface area contributed by atoms with Crippen molar-refractivity contribution >= 4 is 11.6 Å². The summed E-state index contributed by atoms with van der Waals surface area (Å²) in [5, 5.41) is 2.97. The quantitative estimate of drug-likeness (QED) is 0.838. The standard InChI is InChI=1S/C14H20N2O/c15-10-12-7-3-4-8-13(12)16-14(17)9-11-5-1-2-6-11/h3-4,7-8,11H,1-2,5-6,9-10,15H2,(H,16,17). The second-order valence-corrected chi connectivity index (χ2v) is 4.76. The van der Waals surface area contributed by atoms with Crippen LogP contribution in [-0.4, -0.2) is 5.91 Å². The first-order chi connectivity index (χ1) is 8.29. The van der Waals surface area contributed by atoms with Crippen molar-refractivity contribution in [3.05, 3.63) is 29.8 Å². The molecule has 0 bridgehead atoms. The highest BCUT2D eigenvalue weighted by Gasteiger charge is 2.18. The number of rotatable bonds is 4. The van der Waals surface area contributed by atoms with Crippen LogP contribution in [-0.2, 0) is 11.3 Å². The van der Waals surface area contributed by atoms with Crippen molar-refractivity contribution in [3.63, 3.8) is 0 Å². The van der Waals surface area contributed by atoms with Gasteiger partial charge in [-0.25, -0.2) is 0 Å². The number of hydrogen-bond acceptors (Lipinski definition) is 2. The van der Waals surface area contributed by atoms with E-state index in [1.807, 2.05) is 24.3 Å². The molecule has 3 heteroatoms. The van der Waals surface area contributed by atoms with E-state index in [0.29, 0.717) is 18.9 Å². The topological polar surface area (TPSA) is 55.1 Å². The van der Waals surface area contributed by atoms with E-state index in [1.165, 1.54) is 25.7 Å². The molecular weight excluding hydrogens is 212 g/mol. The van der Waals surface area contributed by atoms with Crippen molar-refractivity contribution in [3.8, 4) is 0 Å². The summed E-state index contributed by atoms with van der Waals surface area (Å²) in [6.45, 7) is 0.458. The maximum absolute atomic E-state index is 11.9. The Bertz CT molecular complexity index is 384. The van der Waals surface area contributed by atoms with Gasteiger partial charge in [-0.3, -0.25) is 4.79 Å². The zero-order chi connectivity index (χ0) is 12.1. The third kappa shape index (κ3) is 3.30. The molecule has 0 aromatic heterocycles. The minimum Gasteiger partial charge on any atom is -0.326 e. The van der Waals surface area contributed by atoms with Gasteiger partial charge in [0.25, 0.3) is 0 Å². The molecule has 1 amide bonds. The van der Waals surface area contributed by atoms with Crippen molar-refractivity contribution < 1.29 is 4.79 Å². The number of para-hydroxylation sites is 1. The zero-order valence-corrected chi connectivity index (χ0v) is 10.1. The number of carbonyl (C=O) groups is 1. The summed E-state index contributed by atoms with van der Waals surface area (Å²) in [5.41, 5.74) is 7.49. The molecule has 92 valence electrons. The van der Waals surface area contributed by atoms with E-state index >= 15 is 0 Å². The van der Waals surface area contributed by atoms with Crippen LogP contribution in [0.15, 0.2) is 24.3 Å². The van der Waals surface area contributed by atoms with Crippen LogP contribution >= 0.6 is 0 Å². The lowest BCUT2D eigenvalue weighted by atomic mass is 10.0. The minimum absolute atomic E-state index is 0.123. The van der Waals surface area contributed by atoms with Gasteiger partial charge in [-0.15, -0.1) is 0 Å². The van der Waals surface area contributed by atoms with E-state index < -0.39 is 0 Å². The summed E-state index contributed by atoms with van der Waals surface area (Å²) in [6, 6.07) is 7.72. The molecule has 1 aromatic rings. The first-order valence-electron chi connectivity index (χ1n) is 6.37. The number of benzene rings is 1. The lowest BCUT2D eigenvalue weighted by Gasteiger charge is -2.12. The average molecular weight is 232 g/mol. The van der Waals surface area contributed by atoms with E-state index in [2.05, 4.69) is 5.32 Å². The molecular formula is C14H20N2O. The van der Waals surface area contributed by atoms with Gasteiger partial charge in [-0.1, -0.05) is 31.0 Å². The Labute approximate surface area is 102 Å². The van der Waals surface area contributed by atoms with Gasteiger partial charge in [-0.05, 0) is 30.4 Å². The molecule has 0 saturated heterocycles. The van der Waals surface area contributed by atoms with Gasteiger partial charge >= 0.3 is 0 Å². The maximum Gasteiger partial charge on any atom is 0.224 e. The highest BCUT2D eigenvalue weighted by atomic mass is 16.1. The first kappa shape index (κ1) is 12.1. The van der Waals surface area contributed by atoms with Crippen molar-refractivity contribution in [2.45, 2.75) is 38.6 Å². The van der Waals surface area contributed by atoms with Gasteiger partial charge in [0.2, 0.25) is 5.91 Å². The predicted molar refractivity (Wildman–Crippen MR) is 69.5 cm³/mol. The van der Waals surface area contributed by atoms with Crippen LogP contribution in [0.3, 0.4) is 0 Å². The van der Waals surface area contributed by atoms with Gasteiger partial charge in [0.05, 0.1) is 0 Å². The number of anilines is 1. The Morgan fingerprint density at radius 2 is 2.00 bits per heavy atom. The minimum atomic E-state index is 0.123. The van der Waals surface area contributed by atoms with Crippen LogP contribution in [0, 0.1) is 5.92 Å². The van der Waals surface area contributed by atoms with Crippen molar-refractivity contribution in [2.75, 3.05) is 5.32 Å². The molecule has 3 N–H and O–H groups in total. The number of amides is 1. The molecule has 0 heterocycles. The molecule has 0 radical (unpaired) electrons. The molecule has 0 atom stereocenters. The SMILES string of the molecule is NCc1ccccc1NC(=O)CC1CCCC1. The Kier molecular flexibility index (Phi) is 4.15. The second-order valence-electron chi connectivity index (χ2n) is 4.76. The molecule has 0 unspecified atom stereocenters. The second kappa shape index (κ2) is 5.82. The molecule has 17 heavy (non-hydrogen) atoms. The van der Waals surface area contributed by atoms with E-state index in [0.717, 1.165) is 11.3 Å². The Balaban J connectivity index is 1.92. The Morgan fingerprint density at radius 1 is 1.29 bits per heavy atom. The molecule has 0 aliphatic heterocycles. The predicted octanol–water partition coefficient (Wildman–Crippen LogP) is 2.66. The average Bonchev–Trinajstić information content (AvgIpc) is 2.82. The fraction of sp³-hybridized carbons (Fsp3) is 0.500. The van der Waals surface area contributed by atoms with Gasteiger partial charge in [0.15, 0.2) is 0 Å². The smallest absolute Gasteiger partial charge is 0.224 e. The molecule has 0 spiro atoms. The molecule has 3 nitrogen and oxygen atoms in total. The fourth-order valence-corrected chi connectivity index (χ4v) is 2.50. The van der Waals surface area contributed by atoms with Gasteiger partial charge in [-0.2, -0.15) is 0 Å². The van der Waals surface area contributed by atoms with E-state index in [9.17, 15) is 4.79 Å². The highest BCUT2D eigenvalue weighted by molar-refractivity contribution is 5.91. The summed E-state index contributed by atoms with van der Waals surface area (Å²) < 4.78 is 0. The van der Waals surface area contributed by atoms with Gasteiger partial charge in [0, 0.05) is 18.7 Å². The fourth-order valence-electron chi connectivity index (χ4n) is 2.50. The van der Waals surface area contributed by atoms with Crippen molar-refractivity contribution in [1.29, 1.82) is 0 Å². The van der Waals surface area contributed by atoms with Crippen LogP contribution in [0.2, 0.25) is 0 Å². The maximum atomic E-state index is 11.9. The third-order valence-corrected chi connectivity index (χ3v) is 3.46. The Morgan fingerprint density at radius 3 is 2.71 bits per heavy atom. The largest absolute Gasteiger partial charge is 0.326 e. The van der Waals surface area contributed by atoms with Crippen LogP contribution < -0.4 is 11.1 Å². The summed E-state index contributed by atoms with van der Waals surface area (Å²) in [7, 11) is 0. The van der Waals surface area contributed by atoms with Crippen LogP contribution in [0.25, 0.3) is 0 Å². The summed E-state index contributed by atoms with van der Waals surface area (Å²) in [6.07, 6.45) is 5.60. The van der Waals surface area contributed by atoms with Gasteiger partial charge in [0.1, 0.15) is 0 Å². The van der Waals surface area contributed by atoms with Crippen LogP contribution in [0.5, 0.6) is 0 Å². The lowest BCUT2D eigenvalue weighted by Crippen LogP contribution is -2.16. The summed E-state index contributed by atoms with van der Waals surface area (Å²) >= 11 is 0. The highest BCUT2D eigenvalue weighted by Crippen LogP contribution is 2.28. The number of hydrogen-bond donors (Lipinski definition) is 2. The van der Waals surface area contributed by atoms with E-state index in [-0.39, 0.29) is 5.91 Å². The Hall–Kier alpha value is -1.35. The van der Waals surface area contributed by atoms with Crippen molar-refractivity contribution in [2.24, 2.45) is 11.7 Å². The number of nitrogens with one attached hydrogen (secondary N) is 1. The molecule has 1 aliphatic carbocycles. The van der Waals surface area contributed by atoms with Crippen LogP contribution in [0.1, 0.15) is 37.7 Å². The molecule has 1 aromatic carbocycles. The number of nitrogens with two attached hydrogens (primary N) is 1.